The van der Waals surface area contributed by atoms with Crippen molar-refractivity contribution in [2.24, 2.45) is 0 Å². The average Bonchev–Trinajstić information content (AvgIpc) is 3.00. The van der Waals surface area contributed by atoms with Crippen LogP contribution >= 0.6 is 0 Å². The molecule has 0 saturated carbocycles. The maximum absolute atomic E-state index is 13.2. The van der Waals surface area contributed by atoms with Crippen molar-refractivity contribution in [1.82, 2.24) is 4.90 Å². The highest BCUT2D eigenvalue weighted by atomic mass is 16.5. The Hall–Kier alpha value is -4.38. The van der Waals surface area contributed by atoms with Crippen LogP contribution in [0.2, 0.25) is 0 Å². The van der Waals surface area contributed by atoms with Gasteiger partial charge in [0.05, 0.1) is 6.61 Å². The molecule has 0 spiro atoms. The molecule has 1 unspecified atom stereocenters. The number of carboxylic acids is 1. The lowest BCUT2D eigenvalue weighted by Gasteiger charge is -2.26. The van der Waals surface area contributed by atoms with Crippen LogP contribution < -0.4 is 4.74 Å². The quantitative estimate of drug-likeness (QED) is 0.181. The third kappa shape index (κ3) is 8.31. The number of aliphatic carboxylic acids is 1. The molecule has 4 aromatic carbocycles. The molecule has 0 bridgehead atoms. The third-order valence-electron chi connectivity index (χ3n) is 7.27. The Kier molecular flexibility index (Phi) is 10.5. The fourth-order valence-electron chi connectivity index (χ4n) is 4.96. The van der Waals surface area contributed by atoms with Crippen LogP contribution in [0.25, 0.3) is 0 Å². The third-order valence-corrected chi connectivity index (χ3v) is 7.27. The molecule has 5 nitrogen and oxygen atoms in total. The molecule has 40 heavy (non-hydrogen) atoms. The van der Waals surface area contributed by atoms with E-state index in [1.807, 2.05) is 78.9 Å². The number of nitrogens with zero attached hydrogens (tertiary/aromatic N) is 1. The van der Waals surface area contributed by atoms with Crippen LogP contribution in [0.1, 0.15) is 47.4 Å². The van der Waals surface area contributed by atoms with Gasteiger partial charge in [-0.1, -0.05) is 103 Å². The minimum Gasteiger partial charge on any atom is -0.494 e. The fourth-order valence-corrected chi connectivity index (χ4v) is 4.96. The normalized spacial score (nSPS) is 11.7. The van der Waals surface area contributed by atoms with Gasteiger partial charge in [0.25, 0.3) is 0 Å². The lowest BCUT2D eigenvalue weighted by molar-refractivity contribution is -0.149. The molecule has 4 aromatic rings. The Bertz CT molecular complexity index is 1280. The highest BCUT2D eigenvalue weighted by molar-refractivity contribution is 5.83. The number of benzene rings is 4. The molecule has 4 rings (SSSR count). The molecule has 1 amide bonds. The van der Waals surface area contributed by atoms with Crippen molar-refractivity contribution in [3.05, 3.63) is 138 Å². The molecule has 0 aliphatic carbocycles. The summed E-state index contributed by atoms with van der Waals surface area (Å²) in [4.78, 5) is 26.7. The van der Waals surface area contributed by atoms with E-state index in [-0.39, 0.29) is 24.7 Å². The molecule has 0 saturated heterocycles. The summed E-state index contributed by atoms with van der Waals surface area (Å²) in [5.74, 6) is -0.383. The van der Waals surface area contributed by atoms with Crippen molar-refractivity contribution in [3.63, 3.8) is 0 Å². The van der Waals surface area contributed by atoms with Gasteiger partial charge in [-0.25, -0.2) is 4.79 Å². The summed E-state index contributed by atoms with van der Waals surface area (Å²) in [5.41, 5.74) is 4.41. The number of carbonyl (C=O) groups excluding carboxylic acids is 1. The fraction of sp³-hybridized carbons (Fsp3) is 0.257. The van der Waals surface area contributed by atoms with Gasteiger partial charge in [-0.2, -0.15) is 0 Å². The van der Waals surface area contributed by atoms with E-state index in [1.165, 1.54) is 10.5 Å². The Labute approximate surface area is 237 Å². The molecule has 5 heteroatoms. The zero-order valence-corrected chi connectivity index (χ0v) is 23.0. The standard InChI is InChI=1S/C35H37NO4/c1-36(34(37)24-23-32(29-15-7-3-8-16-29)30-17-9-4-10-18-30)33(35(38)39)26-28-19-21-31(22-20-28)40-25-11-14-27-12-5-2-6-13-27/h2-10,12-13,15-22,32-33H,11,14,23-26H2,1H3,(H,38,39). The highest BCUT2D eigenvalue weighted by Crippen LogP contribution is 2.29. The minimum atomic E-state index is -1.01. The number of amides is 1. The zero-order chi connectivity index (χ0) is 28.2. The molecular formula is C35H37NO4. The highest BCUT2D eigenvalue weighted by Gasteiger charge is 2.27. The lowest BCUT2D eigenvalue weighted by atomic mass is 9.87. The van der Waals surface area contributed by atoms with Crippen LogP contribution in [-0.2, 0) is 22.4 Å². The molecular weight excluding hydrogens is 498 g/mol. The first-order chi connectivity index (χ1) is 19.5. The monoisotopic (exact) mass is 535 g/mol. The van der Waals surface area contributed by atoms with Crippen LogP contribution in [0.3, 0.4) is 0 Å². The van der Waals surface area contributed by atoms with Crippen LogP contribution in [0.4, 0.5) is 0 Å². The second-order valence-electron chi connectivity index (χ2n) is 10.1. The van der Waals surface area contributed by atoms with Gasteiger partial charge in [-0.05, 0) is 53.6 Å². The predicted octanol–water partition coefficient (Wildman–Crippen LogP) is 6.76. The molecule has 0 aliphatic rings. The average molecular weight is 536 g/mol. The number of carbonyl (C=O) groups is 2. The van der Waals surface area contributed by atoms with Gasteiger partial charge in [-0.3, -0.25) is 4.79 Å². The molecule has 0 aliphatic heterocycles. The van der Waals surface area contributed by atoms with Gasteiger partial charge in [0.15, 0.2) is 0 Å². The predicted molar refractivity (Wildman–Crippen MR) is 159 cm³/mol. The first kappa shape index (κ1) is 28.6. The van der Waals surface area contributed by atoms with Crippen molar-refractivity contribution in [1.29, 1.82) is 0 Å². The topological polar surface area (TPSA) is 66.8 Å². The molecule has 1 N–H and O–H groups in total. The van der Waals surface area contributed by atoms with Crippen molar-refractivity contribution in [2.45, 2.75) is 44.1 Å². The van der Waals surface area contributed by atoms with E-state index in [2.05, 4.69) is 36.4 Å². The number of rotatable bonds is 14. The summed E-state index contributed by atoms with van der Waals surface area (Å²) in [7, 11) is 1.59. The summed E-state index contributed by atoms with van der Waals surface area (Å²) >= 11 is 0. The van der Waals surface area contributed by atoms with Crippen LogP contribution in [0, 0.1) is 0 Å². The largest absolute Gasteiger partial charge is 0.494 e. The lowest BCUT2D eigenvalue weighted by Crippen LogP contribution is -2.43. The Morgan fingerprint density at radius 1 is 0.750 bits per heavy atom. The van der Waals surface area contributed by atoms with E-state index >= 15 is 0 Å². The van der Waals surface area contributed by atoms with Crippen LogP contribution in [0.5, 0.6) is 5.75 Å². The van der Waals surface area contributed by atoms with Gasteiger partial charge in [0.1, 0.15) is 11.8 Å². The summed E-state index contributed by atoms with van der Waals surface area (Å²) in [6.45, 7) is 0.607. The number of hydrogen-bond donors (Lipinski definition) is 1. The van der Waals surface area contributed by atoms with Gasteiger partial charge in [0, 0.05) is 25.8 Å². The van der Waals surface area contributed by atoms with E-state index in [0.29, 0.717) is 13.0 Å². The molecule has 0 radical (unpaired) electrons. The van der Waals surface area contributed by atoms with Crippen molar-refractivity contribution in [3.8, 4) is 5.75 Å². The number of hydrogen-bond acceptors (Lipinski definition) is 3. The zero-order valence-electron chi connectivity index (χ0n) is 23.0. The SMILES string of the molecule is CN(C(=O)CCC(c1ccccc1)c1ccccc1)C(Cc1ccc(OCCCc2ccccc2)cc1)C(=O)O. The Balaban J connectivity index is 1.31. The van der Waals surface area contributed by atoms with E-state index in [4.69, 9.17) is 4.74 Å². The maximum Gasteiger partial charge on any atom is 0.326 e. The minimum absolute atomic E-state index is 0.0586. The number of ether oxygens (including phenoxy) is 1. The summed E-state index contributed by atoms with van der Waals surface area (Å²) < 4.78 is 5.87. The van der Waals surface area contributed by atoms with E-state index in [0.717, 1.165) is 35.3 Å². The Morgan fingerprint density at radius 2 is 1.30 bits per heavy atom. The maximum atomic E-state index is 13.2. The van der Waals surface area contributed by atoms with Crippen LogP contribution in [-0.4, -0.2) is 41.6 Å². The van der Waals surface area contributed by atoms with Crippen molar-refractivity contribution < 1.29 is 19.4 Å². The van der Waals surface area contributed by atoms with Gasteiger partial charge in [0.2, 0.25) is 5.91 Å². The smallest absolute Gasteiger partial charge is 0.326 e. The van der Waals surface area contributed by atoms with Gasteiger partial charge < -0.3 is 14.7 Å². The summed E-state index contributed by atoms with van der Waals surface area (Å²) in [6.07, 6.45) is 2.95. The molecule has 0 fully saturated rings. The number of carboxylic acid groups (broad SMARTS) is 1. The first-order valence-electron chi connectivity index (χ1n) is 13.9. The molecule has 1 atom stereocenters. The second kappa shape index (κ2) is 14.7. The van der Waals surface area contributed by atoms with Crippen molar-refractivity contribution in [2.75, 3.05) is 13.7 Å². The summed E-state index contributed by atoms with van der Waals surface area (Å²) in [5, 5.41) is 9.96. The molecule has 206 valence electrons. The molecule has 0 aromatic heterocycles. The molecule has 0 heterocycles. The van der Waals surface area contributed by atoms with E-state index < -0.39 is 12.0 Å². The van der Waals surface area contributed by atoms with Gasteiger partial charge >= 0.3 is 5.97 Å². The van der Waals surface area contributed by atoms with Crippen molar-refractivity contribution >= 4 is 11.9 Å². The van der Waals surface area contributed by atoms with Crippen LogP contribution in [0.15, 0.2) is 115 Å². The van der Waals surface area contributed by atoms with E-state index in [9.17, 15) is 14.7 Å². The Morgan fingerprint density at radius 3 is 1.85 bits per heavy atom. The second-order valence-corrected chi connectivity index (χ2v) is 10.1. The number of aryl methyl sites for hydroxylation is 1. The summed E-state index contributed by atoms with van der Waals surface area (Å²) in [6, 6.07) is 37.1. The number of likely N-dealkylation sites (N-methyl/N-ethyl adjacent to an activating group) is 1. The first-order valence-corrected chi connectivity index (χ1v) is 13.9. The van der Waals surface area contributed by atoms with Gasteiger partial charge in [-0.15, -0.1) is 0 Å². The van der Waals surface area contributed by atoms with E-state index in [1.54, 1.807) is 7.05 Å².